The predicted molar refractivity (Wildman–Crippen MR) is 105 cm³/mol. The van der Waals surface area contributed by atoms with E-state index in [1.54, 1.807) is 36.4 Å². The number of rotatable bonds is 4. The largest absolute Gasteiger partial charge is 0.346 e. The van der Waals surface area contributed by atoms with E-state index < -0.39 is 5.54 Å². The summed E-state index contributed by atoms with van der Waals surface area (Å²) in [6, 6.07) is 15.7. The summed E-state index contributed by atoms with van der Waals surface area (Å²) in [7, 11) is 0. The molecule has 5 nitrogen and oxygen atoms in total. The number of halogens is 1. The smallest absolute Gasteiger partial charge is 0.272 e. The Balaban J connectivity index is 2.52. The van der Waals surface area contributed by atoms with Gasteiger partial charge in [0.1, 0.15) is 0 Å². The summed E-state index contributed by atoms with van der Waals surface area (Å²) in [5.41, 5.74) is 0.868. The lowest BCUT2D eigenvalue weighted by Gasteiger charge is -2.23. The van der Waals surface area contributed by atoms with Gasteiger partial charge in [-0.05, 0) is 45.0 Å². The van der Waals surface area contributed by atoms with Crippen molar-refractivity contribution in [3.8, 4) is 0 Å². The molecule has 2 aromatic rings. The standard InChI is InChI=1S/C20H22ClN3O2/c1-14(25)24(17-12-10-16(21)11-13-17)23-18(15-8-6-5-7-9-15)19(26)22-20(2,3)4/h5-13H,1-4H3,(H,22,26)/b23-18-. The number of hydrazone groups is 1. The highest BCUT2D eigenvalue weighted by molar-refractivity contribution is 6.45. The van der Waals surface area contributed by atoms with Crippen molar-refractivity contribution in [1.29, 1.82) is 0 Å². The van der Waals surface area contributed by atoms with Gasteiger partial charge in [0.05, 0.1) is 5.69 Å². The van der Waals surface area contributed by atoms with E-state index in [4.69, 9.17) is 11.6 Å². The number of amides is 2. The van der Waals surface area contributed by atoms with Crippen molar-refractivity contribution >= 4 is 34.8 Å². The van der Waals surface area contributed by atoms with Gasteiger partial charge in [-0.25, -0.2) is 5.01 Å². The summed E-state index contributed by atoms with van der Waals surface area (Å²) in [4.78, 5) is 25.0. The van der Waals surface area contributed by atoms with E-state index in [1.807, 2.05) is 39.0 Å². The monoisotopic (exact) mass is 371 g/mol. The second-order valence-corrected chi connectivity index (χ2v) is 7.26. The molecule has 0 aliphatic heterocycles. The number of hydrogen-bond acceptors (Lipinski definition) is 3. The summed E-state index contributed by atoms with van der Waals surface area (Å²) in [5, 5.41) is 9.02. The predicted octanol–water partition coefficient (Wildman–Crippen LogP) is 4.01. The lowest BCUT2D eigenvalue weighted by Crippen LogP contribution is -2.45. The van der Waals surface area contributed by atoms with Crippen LogP contribution in [0, 0.1) is 0 Å². The molecule has 2 aromatic carbocycles. The van der Waals surface area contributed by atoms with Crippen molar-refractivity contribution in [3.05, 3.63) is 65.2 Å². The number of benzene rings is 2. The normalized spacial score (nSPS) is 11.8. The molecule has 0 aromatic heterocycles. The van der Waals surface area contributed by atoms with Gasteiger partial charge < -0.3 is 5.32 Å². The van der Waals surface area contributed by atoms with Crippen LogP contribution in [0.2, 0.25) is 5.02 Å². The SMILES string of the molecule is CC(=O)N(/N=C(\C(=O)NC(C)(C)C)c1ccccc1)c1ccc(Cl)cc1. The first-order valence-corrected chi connectivity index (χ1v) is 8.58. The van der Waals surface area contributed by atoms with Crippen LogP contribution in [0.25, 0.3) is 0 Å². The third-order valence-corrected chi connectivity index (χ3v) is 3.57. The van der Waals surface area contributed by atoms with Crippen molar-refractivity contribution in [3.63, 3.8) is 0 Å². The van der Waals surface area contributed by atoms with Gasteiger partial charge in [0, 0.05) is 23.0 Å². The molecule has 136 valence electrons. The van der Waals surface area contributed by atoms with E-state index in [9.17, 15) is 9.59 Å². The van der Waals surface area contributed by atoms with Gasteiger partial charge in [-0.1, -0.05) is 41.9 Å². The number of hydrogen-bond donors (Lipinski definition) is 1. The summed E-state index contributed by atoms with van der Waals surface area (Å²) >= 11 is 5.92. The number of anilines is 1. The highest BCUT2D eigenvalue weighted by Crippen LogP contribution is 2.19. The Labute approximate surface area is 158 Å². The van der Waals surface area contributed by atoms with Gasteiger partial charge >= 0.3 is 0 Å². The highest BCUT2D eigenvalue weighted by Gasteiger charge is 2.22. The maximum atomic E-state index is 12.8. The van der Waals surface area contributed by atoms with E-state index in [1.165, 1.54) is 11.9 Å². The average Bonchev–Trinajstić information content (AvgIpc) is 2.55. The highest BCUT2D eigenvalue weighted by atomic mass is 35.5. The Morgan fingerprint density at radius 1 is 1.00 bits per heavy atom. The summed E-state index contributed by atoms with van der Waals surface area (Å²) in [5.74, 6) is -0.673. The third-order valence-electron chi connectivity index (χ3n) is 3.32. The zero-order valence-electron chi connectivity index (χ0n) is 15.3. The molecule has 2 amide bonds. The van der Waals surface area contributed by atoms with Crippen LogP contribution in [-0.4, -0.2) is 23.1 Å². The zero-order valence-corrected chi connectivity index (χ0v) is 16.0. The second kappa shape index (κ2) is 8.15. The van der Waals surface area contributed by atoms with E-state index in [-0.39, 0.29) is 17.5 Å². The van der Waals surface area contributed by atoms with E-state index in [2.05, 4.69) is 10.4 Å². The Hall–Kier alpha value is -2.66. The van der Waals surface area contributed by atoms with Gasteiger partial charge in [0.2, 0.25) is 5.91 Å². The minimum absolute atomic E-state index is 0.158. The minimum Gasteiger partial charge on any atom is -0.346 e. The van der Waals surface area contributed by atoms with Gasteiger partial charge in [-0.15, -0.1) is 0 Å². The molecule has 0 unspecified atom stereocenters. The lowest BCUT2D eigenvalue weighted by molar-refractivity contribution is -0.116. The first-order chi connectivity index (χ1) is 12.2. The van der Waals surface area contributed by atoms with Crippen LogP contribution >= 0.6 is 11.6 Å². The molecule has 0 radical (unpaired) electrons. The van der Waals surface area contributed by atoms with E-state index >= 15 is 0 Å². The van der Waals surface area contributed by atoms with Gasteiger partial charge in [0.15, 0.2) is 5.71 Å². The lowest BCUT2D eigenvalue weighted by atomic mass is 10.1. The molecule has 0 bridgehead atoms. The van der Waals surface area contributed by atoms with Crippen molar-refractivity contribution < 1.29 is 9.59 Å². The van der Waals surface area contributed by atoms with E-state index in [0.29, 0.717) is 16.3 Å². The fourth-order valence-electron chi connectivity index (χ4n) is 2.22. The topological polar surface area (TPSA) is 61.8 Å². The Bertz CT molecular complexity index is 809. The third kappa shape index (κ3) is 5.43. The van der Waals surface area contributed by atoms with Crippen LogP contribution < -0.4 is 10.3 Å². The van der Waals surface area contributed by atoms with Crippen LogP contribution in [0.5, 0.6) is 0 Å². The molecule has 6 heteroatoms. The molecule has 0 aliphatic carbocycles. The second-order valence-electron chi connectivity index (χ2n) is 6.83. The van der Waals surface area contributed by atoms with Crippen LogP contribution in [0.15, 0.2) is 59.7 Å². The molecule has 0 saturated heterocycles. The molecule has 0 aliphatic rings. The molecule has 0 fully saturated rings. The fourth-order valence-corrected chi connectivity index (χ4v) is 2.35. The number of nitrogens with one attached hydrogen (secondary N) is 1. The van der Waals surface area contributed by atoms with Crippen LogP contribution in [0.1, 0.15) is 33.3 Å². The Kier molecular flexibility index (Phi) is 6.16. The average molecular weight is 372 g/mol. The molecule has 1 N–H and O–H groups in total. The van der Waals surface area contributed by atoms with Crippen LogP contribution in [-0.2, 0) is 9.59 Å². The maximum Gasteiger partial charge on any atom is 0.272 e. The van der Waals surface area contributed by atoms with E-state index in [0.717, 1.165) is 0 Å². The number of carbonyl (C=O) groups excluding carboxylic acids is 2. The van der Waals surface area contributed by atoms with Crippen LogP contribution in [0.3, 0.4) is 0 Å². The van der Waals surface area contributed by atoms with Crippen molar-refractivity contribution in [2.75, 3.05) is 5.01 Å². The number of carbonyl (C=O) groups is 2. The molecule has 0 heterocycles. The van der Waals surface area contributed by atoms with Gasteiger partial charge in [-0.2, -0.15) is 5.10 Å². The van der Waals surface area contributed by atoms with Crippen molar-refractivity contribution in [1.82, 2.24) is 5.32 Å². The summed E-state index contributed by atoms with van der Waals surface area (Å²) in [6.45, 7) is 7.04. The zero-order chi connectivity index (χ0) is 19.3. The quantitative estimate of drug-likeness (QED) is 0.652. The van der Waals surface area contributed by atoms with Crippen molar-refractivity contribution in [2.45, 2.75) is 33.2 Å². The Morgan fingerprint density at radius 3 is 2.08 bits per heavy atom. The minimum atomic E-state index is -0.437. The molecule has 0 atom stereocenters. The fraction of sp³-hybridized carbons (Fsp3) is 0.250. The maximum absolute atomic E-state index is 12.8. The number of nitrogens with zero attached hydrogens (tertiary/aromatic N) is 2. The molecular formula is C20H22ClN3O2. The van der Waals surface area contributed by atoms with Gasteiger partial charge in [0.25, 0.3) is 5.91 Å². The Morgan fingerprint density at radius 2 is 1.58 bits per heavy atom. The molecule has 0 saturated carbocycles. The summed E-state index contributed by atoms with van der Waals surface area (Å²) in [6.07, 6.45) is 0. The van der Waals surface area contributed by atoms with Crippen molar-refractivity contribution in [2.24, 2.45) is 5.10 Å². The first-order valence-electron chi connectivity index (χ1n) is 8.20. The van der Waals surface area contributed by atoms with Crippen LogP contribution in [0.4, 0.5) is 5.69 Å². The molecule has 0 spiro atoms. The molecule has 26 heavy (non-hydrogen) atoms. The molecule has 2 rings (SSSR count). The first kappa shape index (κ1) is 19.7. The summed E-state index contributed by atoms with van der Waals surface area (Å²) < 4.78 is 0. The van der Waals surface area contributed by atoms with Gasteiger partial charge in [-0.3, -0.25) is 9.59 Å². The molecular weight excluding hydrogens is 350 g/mol.